The molecular weight excluding hydrogens is 274 g/mol. The molecule has 3 unspecified atom stereocenters. The van der Waals surface area contributed by atoms with Crippen LogP contribution in [0.25, 0.3) is 0 Å². The van der Waals surface area contributed by atoms with Crippen LogP contribution in [-0.2, 0) is 0 Å². The fraction of sp³-hybridized carbons (Fsp3) is 0.611. The molecule has 1 saturated heterocycles. The van der Waals surface area contributed by atoms with Crippen LogP contribution in [0.1, 0.15) is 36.0 Å². The van der Waals surface area contributed by atoms with Crippen molar-refractivity contribution < 1.29 is 4.79 Å². The smallest absolute Gasteiger partial charge is 0.256 e. The Kier molecular flexibility index (Phi) is 3.57. The van der Waals surface area contributed by atoms with E-state index in [0.717, 1.165) is 44.1 Å². The van der Waals surface area contributed by atoms with E-state index in [2.05, 4.69) is 4.90 Å². The van der Waals surface area contributed by atoms with E-state index in [1.807, 2.05) is 23.1 Å². The predicted molar refractivity (Wildman–Crippen MR) is 87.6 cm³/mol. The summed E-state index contributed by atoms with van der Waals surface area (Å²) in [6.07, 6.45) is 5.72. The second-order valence-electron chi connectivity index (χ2n) is 7.16. The summed E-state index contributed by atoms with van der Waals surface area (Å²) in [4.78, 5) is 17.2. The van der Waals surface area contributed by atoms with Gasteiger partial charge in [0.1, 0.15) is 0 Å². The highest BCUT2D eigenvalue weighted by Gasteiger charge is 2.42. The topological polar surface area (TPSA) is 49.6 Å². The Morgan fingerprint density at radius 1 is 1.05 bits per heavy atom. The van der Waals surface area contributed by atoms with Crippen molar-refractivity contribution in [3.63, 3.8) is 0 Å². The molecule has 0 aromatic heterocycles. The molecule has 3 atom stereocenters. The number of anilines is 1. The highest BCUT2D eigenvalue weighted by Crippen LogP contribution is 2.46. The van der Waals surface area contributed by atoms with Crippen LogP contribution in [0.2, 0.25) is 0 Å². The minimum absolute atomic E-state index is 0.0886. The molecule has 4 nitrogen and oxygen atoms in total. The van der Waals surface area contributed by atoms with Gasteiger partial charge in [-0.3, -0.25) is 9.69 Å². The summed E-state index contributed by atoms with van der Waals surface area (Å²) in [6, 6.07) is 8.19. The molecule has 0 radical (unpaired) electrons. The Bertz CT molecular complexity index is 565. The lowest BCUT2D eigenvalue weighted by Gasteiger charge is -2.41. The van der Waals surface area contributed by atoms with E-state index in [1.165, 1.54) is 25.7 Å². The molecule has 22 heavy (non-hydrogen) atoms. The third-order valence-corrected chi connectivity index (χ3v) is 5.96. The maximum Gasteiger partial charge on any atom is 0.256 e. The molecule has 1 heterocycles. The van der Waals surface area contributed by atoms with E-state index >= 15 is 0 Å². The van der Waals surface area contributed by atoms with Crippen LogP contribution < -0.4 is 5.73 Å². The van der Waals surface area contributed by atoms with E-state index in [1.54, 1.807) is 6.07 Å². The Morgan fingerprint density at radius 3 is 2.45 bits per heavy atom. The van der Waals surface area contributed by atoms with Crippen molar-refractivity contribution in [3.05, 3.63) is 29.8 Å². The number of carbonyl (C=O) groups excluding carboxylic acids is 1. The largest absolute Gasteiger partial charge is 0.398 e. The van der Waals surface area contributed by atoms with Gasteiger partial charge in [0.15, 0.2) is 0 Å². The lowest BCUT2D eigenvalue weighted by Crippen LogP contribution is -2.53. The summed E-state index contributed by atoms with van der Waals surface area (Å²) in [5.41, 5.74) is 7.17. The van der Waals surface area contributed by atoms with Crippen molar-refractivity contribution in [1.29, 1.82) is 0 Å². The highest BCUT2D eigenvalue weighted by atomic mass is 16.2. The molecule has 1 aromatic rings. The number of carbonyl (C=O) groups is 1. The van der Waals surface area contributed by atoms with Crippen molar-refractivity contribution in [2.24, 2.45) is 11.8 Å². The third-order valence-electron chi connectivity index (χ3n) is 5.96. The molecule has 2 saturated carbocycles. The lowest BCUT2D eigenvalue weighted by molar-refractivity contribution is 0.0496. The number of amides is 1. The number of benzene rings is 1. The molecule has 1 aliphatic heterocycles. The van der Waals surface area contributed by atoms with Crippen molar-refractivity contribution >= 4 is 11.6 Å². The predicted octanol–water partition coefficient (Wildman–Crippen LogP) is 2.22. The molecule has 2 bridgehead atoms. The number of hydrogen-bond donors (Lipinski definition) is 1. The Labute approximate surface area is 132 Å². The summed E-state index contributed by atoms with van der Waals surface area (Å²) in [6.45, 7) is 3.71. The molecule has 3 fully saturated rings. The van der Waals surface area contributed by atoms with Gasteiger partial charge in [-0.2, -0.15) is 0 Å². The lowest BCUT2D eigenvalue weighted by atomic mass is 9.93. The van der Waals surface area contributed by atoms with Gasteiger partial charge in [0.25, 0.3) is 5.91 Å². The zero-order valence-electron chi connectivity index (χ0n) is 13.1. The summed E-state index contributed by atoms with van der Waals surface area (Å²) in [7, 11) is 0. The van der Waals surface area contributed by atoms with Crippen molar-refractivity contribution in [2.75, 3.05) is 31.9 Å². The van der Waals surface area contributed by atoms with E-state index in [0.29, 0.717) is 11.3 Å². The normalized spacial score (nSPS) is 31.6. The number of hydrogen-bond acceptors (Lipinski definition) is 3. The second-order valence-corrected chi connectivity index (χ2v) is 7.16. The first-order valence-corrected chi connectivity index (χ1v) is 8.60. The van der Waals surface area contributed by atoms with E-state index in [4.69, 9.17) is 5.73 Å². The molecule has 3 aliphatic rings. The molecule has 4 heteroatoms. The van der Waals surface area contributed by atoms with Gasteiger partial charge in [0.2, 0.25) is 0 Å². The molecule has 2 aliphatic carbocycles. The fourth-order valence-corrected chi connectivity index (χ4v) is 4.78. The molecule has 0 spiro atoms. The SMILES string of the molecule is Nc1ccccc1C(=O)N1CCN(C2CC3CCC2C3)CC1. The van der Waals surface area contributed by atoms with Crippen molar-refractivity contribution in [2.45, 2.75) is 31.7 Å². The van der Waals surface area contributed by atoms with Gasteiger partial charge in [-0.05, 0) is 43.2 Å². The van der Waals surface area contributed by atoms with Crippen molar-refractivity contribution in [3.8, 4) is 0 Å². The number of piperazine rings is 1. The number of fused-ring (bicyclic) bond motifs is 2. The van der Waals surface area contributed by atoms with Crippen LogP contribution in [0.4, 0.5) is 5.69 Å². The van der Waals surface area contributed by atoms with Gasteiger partial charge < -0.3 is 10.6 Å². The minimum Gasteiger partial charge on any atom is -0.398 e. The fourth-order valence-electron chi connectivity index (χ4n) is 4.78. The number of rotatable bonds is 2. The number of nitrogen functional groups attached to an aromatic ring is 1. The molecule has 118 valence electrons. The Balaban J connectivity index is 1.38. The van der Waals surface area contributed by atoms with Gasteiger partial charge in [-0.15, -0.1) is 0 Å². The van der Waals surface area contributed by atoms with E-state index in [9.17, 15) is 4.79 Å². The molecule has 1 aromatic carbocycles. The zero-order chi connectivity index (χ0) is 15.1. The quantitative estimate of drug-likeness (QED) is 0.852. The maximum atomic E-state index is 12.6. The van der Waals surface area contributed by atoms with Crippen LogP contribution in [0.3, 0.4) is 0 Å². The van der Waals surface area contributed by atoms with E-state index < -0.39 is 0 Å². The number of para-hydroxylation sites is 1. The van der Waals surface area contributed by atoms with Crippen LogP contribution in [0, 0.1) is 11.8 Å². The summed E-state index contributed by atoms with van der Waals surface area (Å²) in [5, 5.41) is 0. The van der Waals surface area contributed by atoms with Crippen LogP contribution >= 0.6 is 0 Å². The Hall–Kier alpha value is -1.55. The molecule has 1 amide bonds. The monoisotopic (exact) mass is 299 g/mol. The number of nitrogens with two attached hydrogens (primary N) is 1. The zero-order valence-corrected chi connectivity index (χ0v) is 13.1. The van der Waals surface area contributed by atoms with Crippen LogP contribution in [-0.4, -0.2) is 47.9 Å². The standard InChI is InChI=1S/C18H25N3O/c19-16-4-2-1-3-15(16)18(22)21-9-7-20(8-10-21)17-12-13-5-6-14(17)11-13/h1-4,13-14,17H,5-12,19H2. The summed E-state index contributed by atoms with van der Waals surface area (Å²) < 4.78 is 0. The first-order chi connectivity index (χ1) is 10.7. The molecule has 2 N–H and O–H groups in total. The molecular formula is C18H25N3O. The van der Waals surface area contributed by atoms with Gasteiger partial charge >= 0.3 is 0 Å². The second kappa shape index (κ2) is 5.58. The van der Waals surface area contributed by atoms with Crippen LogP contribution in [0.15, 0.2) is 24.3 Å². The highest BCUT2D eigenvalue weighted by molar-refractivity contribution is 5.99. The first kappa shape index (κ1) is 14.1. The van der Waals surface area contributed by atoms with Gasteiger partial charge in [-0.1, -0.05) is 18.6 Å². The van der Waals surface area contributed by atoms with E-state index in [-0.39, 0.29) is 5.91 Å². The third kappa shape index (κ3) is 2.39. The van der Waals surface area contributed by atoms with Gasteiger partial charge in [0, 0.05) is 37.9 Å². The Morgan fingerprint density at radius 2 is 1.82 bits per heavy atom. The summed E-state index contributed by atoms with van der Waals surface area (Å²) >= 11 is 0. The average molecular weight is 299 g/mol. The van der Waals surface area contributed by atoms with Crippen molar-refractivity contribution in [1.82, 2.24) is 9.80 Å². The molecule has 4 rings (SSSR count). The maximum absolute atomic E-state index is 12.6. The summed E-state index contributed by atoms with van der Waals surface area (Å²) in [5.74, 6) is 2.00. The van der Waals surface area contributed by atoms with Crippen LogP contribution in [0.5, 0.6) is 0 Å². The number of nitrogens with zero attached hydrogens (tertiary/aromatic N) is 2. The average Bonchev–Trinajstić information content (AvgIpc) is 3.18. The van der Waals surface area contributed by atoms with Gasteiger partial charge in [0.05, 0.1) is 5.56 Å². The van der Waals surface area contributed by atoms with Gasteiger partial charge in [-0.25, -0.2) is 0 Å². The first-order valence-electron chi connectivity index (χ1n) is 8.60. The minimum atomic E-state index is 0.0886.